The topological polar surface area (TPSA) is 90.7 Å². The van der Waals surface area contributed by atoms with Gasteiger partial charge in [-0.2, -0.15) is 0 Å². The number of methoxy groups -OCH3 is 3. The third kappa shape index (κ3) is 4.84. The third-order valence-corrected chi connectivity index (χ3v) is 6.42. The van der Waals surface area contributed by atoms with Gasteiger partial charge >= 0.3 is 0 Å². The van der Waals surface area contributed by atoms with Crippen molar-refractivity contribution in [3.63, 3.8) is 0 Å². The molecule has 0 atom stereocenters. The molecule has 1 amide bonds. The zero-order chi connectivity index (χ0) is 21.8. The minimum absolute atomic E-state index is 0.135. The Labute approximate surface area is 186 Å². The highest BCUT2D eigenvalue weighted by molar-refractivity contribution is 7.99. The number of hydrogen-bond donors (Lipinski definition) is 1. The van der Waals surface area contributed by atoms with E-state index in [0.717, 1.165) is 37.0 Å². The SMILES string of the molecule is COc1cc(NC(=O)CSc2nnc(N3CCCCC3)n2C2CC2)cc(OC)c1OC. The molecule has 10 heteroatoms. The Morgan fingerprint density at radius 3 is 2.32 bits per heavy atom. The highest BCUT2D eigenvalue weighted by Crippen LogP contribution is 2.42. The van der Waals surface area contributed by atoms with Crippen LogP contribution >= 0.6 is 11.8 Å². The maximum atomic E-state index is 12.6. The lowest BCUT2D eigenvalue weighted by molar-refractivity contribution is -0.113. The van der Waals surface area contributed by atoms with Crippen LogP contribution in [0, 0.1) is 0 Å². The van der Waals surface area contributed by atoms with Crippen molar-refractivity contribution < 1.29 is 19.0 Å². The molecule has 1 aliphatic carbocycles. The van der Waals surface area contributed by atoms with Crippen LogP contribution in [0.5, 0.6) is 17.2 Å². The van der Waals surface area contributed by atoms with Gasteiger partial charge in [-0.3, -0.25) is 9.36 Å². The van der Waals surface area contributed by atoms with E-state index >= 15 is 0 Å². The summed E-state index contributed by atoms with van der Waals surface area (Å²) in [4.78, 5) is 15.0. The summed E-state index contributed by atoms with van der Waals surface area (Å²) in [7, 11) is 4.64. The van der Waals surface area contributed by atoms with Crippen LogP contribution in [0.25, 0.3) is 0 Å². The molecule has 0 unspecified atom stereocenters. The number of hydrogen-bond acceptors (Lipinski definition) is 8. The van der Waals surface area contributed by atoms with Gasteiger partial charge in [0.25, 0.3) is 0 Å². The van der Waals surface area contributed by atoms with Crippen LogP contribution in [0.3, 0.4) is 0 Å². The van der Waals surface area contributed by atoms with Gasteiger partial charge in [0.05, 0.1) is 27.1 Å². The van der Waals surface area contributed by atoms with Crippen molar-refractivity contribution in [2.45, 2.75) is 43.3 Å². The van der Waals surface area contributed by atoms with E-state index in [4.69, 9.17) is 14.2 Å². The van der Waals surface area contributed by atoms with Gasteiger partial charge in [-0.15, -0.1) is 10.2 Å². The number of amides is 1. The Kier molecular flexibility index (Phi) is 6.74. The average molecular weight is 448 g/mol. The number of ether oxygens (including phenoxy) is 3. The van der Waals surface area contributed by atoms with E-state index in [2.05, 4.69) is 25.0 Å². The molecule has 2 fully saturated rings. The first kappa shape index (κ1) is 21.6. The molecule has 9 nitrogen and oxygen atoms in total. The summed E-state index contributed by atoms with van der Waals surface area (Å²) in [6.07, 6.45) is 5.94. The lowest BCUT2D eigenvalue weighted by atomic mass is 10.1. The smallest absolute Gasteiger partial charge is 0.234 e. The van der Waals surface area contributed by atoms with Crippen molar-refractivity contribution in [2.24, 2.45) is 0 Å². The second-order valence-electron chi connectivity index (χ2n) is 7.68. The molecule has 2 aliphatic rings. The number of benzene rings is 1. The van der Waals surface area contributed by atoms with E-state index in [1.807, 2.05) is 0 Å². The predicted molar refractivity (Wildman–Crippen MR) is 120 cm³/mol. The molecule has 168 valence electrons. The van der Waals surface area contributed by atoms with Crippen LogP contribution in [0.15, 0.2) is 17.3 Å². The summed E-state index contributed by atoms with van der Waals surface area (Å²) < 4.78 is 18.3. The normalized spacial score (nSPS) is 16.2. The van der Waals surface area contributed by atoms with Gasteiger partial charge in [0, 0.05) is 37.0 Å². The second-order valence-corrected chi connectivity index (χ2v) is 8.62. The first-order chi connectivity index (χ1) is 15.1. The number of nitrogens with zero attached hydrogens (tertiary/aromatic N) is 4. The van der Waals surface area contributed by atoms with E-state index in [1.54, 1.807) is 33.5 Å². The average Bonchev–Trinajstić information content (AvgIpc) is 3.56. The van der Waals surface area contributed by atoms with E-state index in [9.17, 15) is 4.79 Å². The number of aromatic nitrogens is 3. The number of rotatable bonds is 9. The molecular formula is C21H29N5O4S. The molecule has 1 saturated heterocycles. The number of nitrogens with one attached hydrogen (secondary N) is 1. The van der Waals surface area contributed by atoms with E-state index in [1.165, 1.54) is 31.0 Å². The largest absolute Gasteiger partial charge is 0.493 e. The van der Waals surface area contributed by atoms with Crippen molar-refractivity contribution in [1.29, 1.82) is 0 Å². The number of thioether (sulfide) groups is 1. The summed E-state index contributed by atoms with van der Waals surface area (Å²) >= 11 is 1.42. The van der Waals surface area contributed by atoms with Crippen molar-refractivity contribution >= 4 is 29.3 Å². The zero-order valence-electron chi connectivity index (χ0n) is 18.2. The predicted octanol–water partition coefficient (Wildman–Crippen LogP) is 3.36. The number of carbonyl (C=O) groups excluding carboxylic acids is 1. The number of carbonyl (C=O) groups is 1. The van der Waals surface area contributed by atoms with Gasteiger partial charge in [-0.1, -0.05) is 11.8 Å². The van der Waals surface area contributed by atoms with E-state index in [-0.39, 0.29) is 11.7 Å². The standard InChI is InChI=1S/C21H29N5O4S/c1-28-16-11-14(12-17(29-2)19(16)30-3)22-18(27)13-31-21-24-23-20(26(21)15-7-8-15)25-9-5-4-6-10-25/h11-12,15H,4-10,13H2,1-3H3,(H,22,27). The van der Waals surface area contributed by atoms with Gasteiger partial charge in [0.1, 0.15) is 0 Å². The zero-order valence-corrected chi connectivity index (χ0v) is 19.0. The highest BCUT2D eigenvalue weighted by atomic mass is 32.2. The fraction of sp³-hybridized carbons (Fsp3) is 0.571. The third-order valence-electron chi connectivity index (χ3n) is 5.48. The monoisotopic (exact) mass is 447 g/mol. The Morgan fingerprint density at radius 2 is 1.74 bits per heavy atom. The summed E-state index contributed by atoms with van der Waals surface area (Å²) in [5.41, 5.74) is 0.581. The molecule has 1 saturated carbocycles. The first-order valence-corrected chi connectivity index (χ1v) is 11.6. The van der Waals surface area contributed by atoms with Crippen LogP contribution in [0.2, 0.25) is 0 Å². The maximum absolute atomic E-state index is 12.6. The van der Waals surface area contributed by atoms with Crippen molar-refractivity contribution in [3.8, 4) is 17.2 Å². The summed E-state index contributed by atoms with van der Waals surface area (Å²) in [6.45, 7) is 2.05. The minimum atomic E-state index is -0.135. The molecule has 31 heavy (non-hydrogen) atoms. The van der Waals surface area contributed by atoms with Crippen molar-refractivity contribution in [3.05, 3.63) is 12.1 Å². The molecule has 2 aromatic rings. The van der Waals surface area contributed by atoms with Gasteiger partial charge in [-0.05, 0) is 32.1 Å². The number of piperidine rings is 1. The summed E-state index contributed by atoms with van der Waals surface area (Å²) in [5, 5.41) is 12.6. The minimum Gasteiger partial charge on any atom is -0.493 e. The van der Waals surface area contributed by atoms with Crippen LogP contribution in [0.4, 0.5) is 11.6 Å². The Morgan fingerprint density at radius 1 is 1.06 bits per heavy atom. The second kappa shape index (κ2) is 9.67. The van der Waals surface area contributed by atoms with Gasteiger partial charge in [0.2, 0.25) is 17.6 Å². The van der Waals surface area contributed by atoms with Gasteiger partial charge in [-0.25, -0.2) is 0 Å². The maximum Gasteiger partial charge on any atom is 0.234 e. The quantitative estimate of drug-likeness (QED) is 0.585. The van der Waals surface area contributed by atoms with E-state index in [0.29, 0.717) is 29.0 Å². The Hall–Kier alpha value is -2.62. The fourth-order valence-corrected chi connectivity index (χ4v) is 4.61. The lowest BCUT2D eigenvalue weighted by Crippen LogP contribution is -2.32. The fourth-order valence-electron chi connectivity index (χ4n) is 3.81. The molecule has 1 N–H and O–H groups in total. The van der Waals surface area contributed by atoms with Crippen LogP contribution < -0.4 is 24.4 Å². The Balaban J connectivity index is 1.43. The molecule has 0 spiro atoms. The van der Waals surface area contributed by atoms with Crippen molar-refractivity contribution in [1.82, 2.24) is 14.8 Å². The highest BCUT2D eigenvalue weighted by Gasteiger charge is 2.32. The molecule has 1 aromatic carbocycles. The molecule has 1 aromatic heterocycles. The first-order valence-electron chi connectivity index (χ1n) is 10.6. The molecule has 1 aliphatic heterocycles. The lowest BCUT2D eigenvalue weighted by Gasteiger charge is -2.27. The molecule has 2 heterocycles. The van der Waals surface area contributed by atoms with Crippen LogP contribution in [0.1, 0.15) is 38.1 Å². The summed E-state index contributed by atoms with van der Waals surface area (Å²) in [5.74, 6) is 2.52. The molecule has 0 bridgehead atoms. The summed E-state index contributed by atoms with van der Waals surface area (Å²) in [6, 6.07) is 3.88. The van der Waals surface area contributed by atoms with E-state index < -0.39 is 0 Å². The Bertz CT molecular complexity index is 899. The van der Waals surface area contributed by atoms with Crippen LogP contribution in [-0.2, 0) is 4.79 Å². The molecule has 4 rings (SSSR count). The van der Waals surface area contributed by atoms with Crippen LogP contribution in [-0.4, -0.2) is 60.8 Å². The van der Waals surface area contributed by atoms with Gasteiger partial charge < -0.3 is 24.4 Å². The van der Waals surface area contributed by atoms with Crippen molar-refractivity contribution in [2.75, 3.05) is 50.4 Å². The van der Waals surface area contributed by atoms with Gasteiger partial charge in [0.15, 0.2) is 16.7 Å². The number of anilines is 2. The molecular weight excluding hydrogens is 418 g/mol. The molecule has 0 radical (unpaired) electrons.